The van der Waals surface area contributed by atoms with Crippen molar-refractivity contribution in [3.8, 4) is 11.1 Å². The van der Waals surface area contributed by atoms with Gasteiger partial charge in [0.25, 0.3) is 0 Å². The van der Waals surface area contributed by atoms with E-state index in [1.165, 1.54) is 18.2 Å². The second kappa shape index (κ2) is 5.27. The van der Waals surface area contributed by atoms with Crippen LogP contribution in [0.3, 0.4) is 0 Å². The minimum Gasteiger partial charge on any atom is -0.316 e. The Morgan fingerprint density at radius 1 is 1.00 bits per heavy atom. The van der Waals surface area contributed by atoms with Crippen LogP contribution >= 0.6 is 0 Å². The Morgan fingerprint density at radius 2 is 1.78 bits per heavy atom. The van der Waals surface area contributed by atoms with Gasteiger partial charge in [-0.3, -0.25) is 0 Å². The summed E-state index contributed by atoms with van der Waals surface area (Å²) in [7, 11) is 1.81. The van der Waals surface area contributed by atoms with Gasteiger partial charge in [-0.05, 0) is 49.4 Å². The van der Waals surface area contributed by atoms with E-state index in [1.54, 1.807) is 25.2 Å². The third kappa shape index (κ3) is 2.57. The van der Waals surface area contributed by atoms with E-state index >= 15 is 0 Å². The van der Waals surface area contributed by atoms with Gasteiger partial charge in [-0.1, -0.05) is 17.7 Å². The zero-order valence-corrected chi connectivity index (χ0v) is 10.4. The molecule has 0 aromatic heterocycles. The predicted molar refractivity (Wildman–Crippen MR) is 69.3 cm³/mol. The van der Waals surface area contributed by atoms with E-state index in [1.807, 2.05) is 6.92 Å². The molecule has 2 aromatic rings. The average molecular weight is 247 g/mol. The third-order valence-corrected chi connectivity index (χ3v) is 2.85. The Kier molecular flexibility index (Phi) is 3.72. The lowest BCUT2D eigenvalue weighted by Crippen LogP contribution is -2.07. The van der Waals surface area contributed by atoms with Crippen LogP contribution in [0.15, 0.2) is 36.4 Å². The molecule has 94 valence electrons. The molecule has 2 rings (SSSR count). The summed E-state index contributed by atoms with van der Waals surface area (Å²) >= 11 is 0. The second-order valence-electron chi connectivity index (χ2n) is 4.32. The molecule has 1 nitrogen and oxygen atoms in total. The molecule has 0 saturated carbocycles. The van der Waals surface area contributed by atoms with Crippen LogP contribution in [0, 0.1) is 18.6 Å². The number of halogens is 2. The van der Waals surface area contributed by atoms with E-state index in [2.05, 4.69) is 5.32 Å². The van der Waals surface area contributed by atoms with Crippen molar-refractivity contribution in [2.24, 2.45) is 0 Å². The first kappa shape index (κ1) is 12.7. The number of rotatable bonds is 3. The summed E-state index contributed by atoms with van der Waals surface area (Å²) in [4.78, 5) is 0. The van der Waals surface area contributed by atoms with E-state index in [4.69, 9.17) is 0 Å². The minimum absolute atomic E-state index is 0.330. The molecule has 0 aliphatic heterocycles. The van der Waals surface area contributed by atoms with Crippen molar-refractivity contribution in [3.05, 3.63) is 59.2 Å². The average Bonchev–Trinajstić information content (AvgIpc) is 2.35. The van der Waals surface area contributed by atoms with Gasteiger partial charge in [-0.25, -0.2) is 8.78 Å². The highest BCUT2D eigenvalue weighted by molar-refractivity contribution is 5.68. The van der Waals surface area contributed by atoms with Crippen LogP contribution < -0.4 is 5.32 Å². The lowest BCUT2D eigenvalue weighted by Gasteiger charge is -2.11. The first-order chi connectivity index (χ1) is 8.61. The van der Waals surface area contributed by atoms with Crippen molar-refractivity contribution < 1.29 is 8.78 Å². The van der Waals surface area contributed by atoms with Crippen LogP contribution in [-0.2, 0) is 6.54 Å². The molecule has 0 aliphatic rings. The maximum atomic E-state index is 13.9. The molecule has 0 fully saturated rings. The zero-order chi connectivity index (χ0) is 13.1. The molecule has 2 aromatic carbocycles. The highest BCUT2D eigenvalue weighted by Gasteiger charge is 2.11. The van der Waals surface area contributed by atoms with E-state index < -0.39 is 0 Å². The molecule has 0 spiro atoms. The molecule has 0 unspecified atom stereocenters. The van der Waals surface area contributed by atoms with Crippen molar-refractivity contribution in [1.82, 2.24) is 5.32 Å². The lowest BCUT2D eigenvalue weighted by atomic mass is 9.97. The predicted octanol–water partition coefficient (Wildman–Crippen LogP) is 3.66. The first-order valence-corrected chi connectivity index (χ1v) is 5.81. The molecular weight excluding hydrogens is 232 g/mol. The summed E-state index contributed by atoms with van der Waals surface area (Å²) in [6, 6.07) is 9.31. The van der Waals surface area contributed by atoms with Crippen molar-refractivity contribution >= 4 is 0 Å². The van der Waals surface area contributed by atoms with Gasteiger partial charge < -0.3 is 5.32 Å². The van der Waals surface area contributed by atoms with Crippen molar-refractivity contribution in [1.29, 1.82) is 0 Å². The van der Waals surface area contributed by atoms with Crippen LogP contribution in [0.4, 0.5) is 8.78 Å². The van der Waals surface area contributed by atoms with Gasteiger partial charge in [0.1, 0.15) is 11.6 Å². The maximum absolute atomic E-state index is 13.9. The largest absolute Gasteiger partial charge is 0.316 e. The topological polar surface area (TPSA) is 12.0 Å². The summed E-state index contributed by atoms with van der Waals surface area (Å²) in [6.45, 7) is 2.46. The third-order valence-electron chi connectivity index (χ3n) is 2.85. The quantitative estimate of drug-likeness (QED) is 0.872. The molecule has 0 saturated heterocycles. The number of nitrogens with one attached hydrogen (secondary N) is 1. The van der Waals surface area contributed by atoms with E-state index in [0.29, 0.717) is 17.7 Å². The molecule has 0 radical (unpaired) electrons. The van der Waals surface area contributed by atoms with Crippen molar-refractivity contribution in [2.75, 3.05) is 7.05 Å². The minimum atomic E-state index is -0.356. The summed E-state index contributed by atoms with van der Waals surface area (Å²) < 4.78 is 27.2. The van der Waals surface area contributed by atoms with E-state index in [-0.39, 0.29) is 11.6 Å². The Labute approximate surface area is 105 Å². The van der Waals surface area contributed by atoms with E-state index in [0.717, 1.165) is 11.1 Å². The standard InChI is InChI=1S/C15H15F2N/c1-10-3-6-15(17)14(7-10)13-8-12(16)5-4-11(13)9-18-2/h3-8,18H,9H2,1-2H3. The van der Waals surface area contributed by atoms with Crippen molar-refractivity contribution in [2.45, 2.75) is 13.5 Å². The molecule has 18 heavy (non-hydrogen) atoms. The van der Waals surface area contributed by atoms with Gasteiger partial charge in [-0.2, -0.15) is 0 Å². The fraction of sp³-hybridized carbons (Fsp3) is 0.200. The Balaban J connectivity index is 2.61. The Hall–Kier alpha value is -1.74. The summed E-state index contributed by atoms with van der Waals surface area (Å²) in [5, 5.41) is 3.00. The van der Waals surface area contributed by atoms with Crippen molar-refractivity contribution in [3.63, 3.8) is 0 Å². The van der Waals surface area contributed by atoms with Crippen LogP contribution in [-0.4, -0.2) is 7.05 Å². The molecule has 0 bridgehead atoms. The number of benzene rings is 2. The van der Waals surface area contributed by atoms with Gasteiger partial charge in [0.05, 0.1) is 0 Å². The van der Waals surface area contributed by atoms with Crippen LogP contribution in [0.5, 0.6) is 0 Å². The Bertz CT molecular complexity index is 564. The van der Waals surface area contributed by atoms with E-state index in [9.17, 15) is 8.78 Å². The Morgan fingerprint density at radius 3 is 2.50 bits per heavy atom. The second-order valence-corrected chi connectivity index (χ2v) is 4.32. The van der Waals surface area contributed by atoms with Gasteiger partial charge >= 0.3 is 0 Å². The number of aryl methyl sites for hydroxylation is 1. The molecule has 0 aliphatic carbocycles. The normalized spacial score (nSPS) is 10.7. The summed E-state index contributed by atoms with van der Waals surface area (Å²) in [5.41, 5.74) is 2.87. The first-order valence-electron chi connectivity index (χ1n) is 5.81. The lowest BCUT2D eigenvalue weighted by molar-refractivity contribution is 0.623. The molecule has 1 N–H and O–H groups in total. The fourth-order valence-corrected chi connectivity index (χ4v) is 1.99. The zero-order valence-electron chi connectivity index (χ0n) is 10.4. The smallest absolute Gasteiger partial charge is 0.131 e. The molecule has 0 amide bonds. The van der Waals surface area contributed by atoms with Crippen LogP contribution in [0.1, 0.15) is 11.1 Å². The fourth-order valence-electron chi connectivity index (χ4n) is 1.99. The molecule has 0 atom stereocenters. The summed E-state index contributed by atoms with van der Waals surface area (Å²) in [6.07, 6.45) is 0. The molecular formula is C15H15F2N. The molecule has 0 heterocycles. The molecule has 3 heteroatoms. The maximum Gasteiger partial charge on any atom is 0.131 e. The van der Waals surface area contributed by atoms with Gasteiger partial charge in [0.2, 0.25) is 0 Å². The van der Waals surface area contributed by atoms with Gasteiger partial charge in [0, 0.05) is 12.1 Å². The summed E-state index contributed by atoms with van der Waals surface area (Å²) in [5.74, 6) is -0.686. The van der Waals surface area contributed by atoms with Gasteiger partial charge in [0.15, 0.2) is 0 Å². The van der Waals surface area contributed by atoms with Crippen LogP contribution in [0.2, 0.25) is 0 Å². The van der Waals surface area contributed by atoms with Gasteiger partial charge in [-0.15, -0.1) is 0 Å². The highest BCUT2D eigenvalue weighted by Crippen LogP contribution is 2.28. The SMILES string of the molecule is CNCc1ccc(F)cc1-c1cc(C)ccc1F. The monoisotopic (exact) mass is 247 g/mol. The highest BCUT2D eigenvalue weighted by atomic mass is 19.1. The van der Waals surface area contributed by atoms with Crippen LogP contribution in [0.25, 0.3) is 11.1 Å². The number of hydrogen-bond donors (Lipinski definition) is 1. The number of hydrogen-bond acceptors (Lipinski definition) is 1.